The highest BCUT2D eigenvalue weighted by Gasteiger charge is 2.32. The van der Waals surface area contributed by atoms with Crippen molar-refractivity contribution in [2.24, 2.45) is 0 Å². The predicted molar refractivity (Wildman–Crippen MR) is 108 cm³/mol. The van der Waals surface area contributed by atoms with E-state index in [1.165, 1.54) is 12.1 Å². The molecule has 0 atom stereocenters. The van der Waals surface area contributed by atoms with E-state index in [1.54, 1.807) is 16.4 Å². The molecule has 1 aromatic heterocycles. The molecule has 0 saturated carbocycles. The van der Waals surface area contributed by atoms with E-state index in [9.17, 15) is 8.42 Å². The van der Waals surface area contributed by atoms with Crippen LogP contribution in [0.1, 0.15) is 54.7 Å². The molecule has 4 rings (SSSR count). The van der Waals surface area contributed by atoms with Gasteiger partial charge in [-0.1, -0.05) is 0 Å². The molecule has 2 aliphatic rings. The Morgan fingerprint density at radius 3 is 2.38 bits per heavy atom. The summed E-state index contributed by atoms with van der Waals surface area (Å²) in [5, 5.41) is 8.91. The maximum atomic E-state index is 13.0. The summed E-state index contributed by atoms with van der Waals surface area (Å²) in [5.74, 6) is 1.54. The van der Waals surface area contributed by atoms with Crippen molar-refractivity contribution in [2.75, 3.05) is 26.3 Å². The normalized spacial score (nSPS) is 19.9. The standard InChI is InChI=1S/C21H26N4O3S/c1-16-15-23-21(18-8-12-28-13-9-18)25(16)19-6-10-24(11-7-19)29(26,27)20-4-2-17(14-22)3-5-20/h2-5,15,18-19H,6-13H2,1H3. The highest BCUT2D eigenvalue weighted by Crippen LogP contribution is 2.33. The van der Waals surface area contributed by atoms with Crippen LogP contribution < -0.4 is 0 Å². The van der Waals surface area contributed by atoms with Gasteiger partial charge in [0.1, 0.15) is 5.82 Å². The molecule has 2 saturated heterocycles. The fourth-order valence-electron chi connectivity index (χ4n) is 4.39. The summed E-state index contributed by atoms with van der Waals surface area (Å²) in [4.78, 5) is 4.94. The molecule has 1 aromatic carbocycles. The lowest BCUT2D eigenvalue weighted by atomic mass is 9.98. The number of ether oxygens (including phenoxy) is 1. The molecule has 154 valence electrons. The Bertz CT molecular complexity index is 994. The molecule has 0 unspecified atom stereocenters. The zero-order valence-corrected chi connectivity index (χ0v) is 17.4. The molecular weight excluding hydrogens is 388 g/mol. The zero-order valence-electron chi connectivity index (χ0n) is 16.6. The maximum Gasteiger partial charge on any atom is 0.243 e. The molecule has 0 radical (unpaired) electrons. The number of nitriles is 1. The molecule has 8 heteroatoms. The second kappa shape index (κ2) is 8.27. The molecule has 0 N–H and O–H groups in total. The number of piperidine rings is 1. The zero-order chi connectivity index (χ0) is 20.4. The van der Waals surface area contributed by atoms with Gasteiger partial charge in [-0.2, -0.15) is 9.57 Å². The van der Waals surface area contributed by atoms with Gasteiger partial charge < -0.3 is 9.30 Å². The van der Waals surface area contributed by atoms with E-state index < -0.39 is 10.0 Å². The third-order valence-corrected chi connectivity index (χ3v) is 7.92. The van der Waals surface area contributed by atoms with Gasteiger partial charge in [-0.25, -0.2) is 13.4 Å². The third kappa shape index (κ3) is 3.95. The van der Waals surface area contributed by atoms with Crippen molar-refractivity contribution >= 4 is 10.0 Å². The summed E-state index contributed by atoms with van der Waals surface area (Å²) in [7, 11) is -3.54. The largest absolute Gasteiger partial charge is 0.381 e. The Labute approximate surface area is 172 Å². The Morgan fingerprint density at radius 2 is 1.76 bits per heavy atom. The van der Waals surface area contributed by atoms with Crippen LogP contribution in [0.4, 0.5) is 0 Å². The molecule has 7 nitrogen and oxygen atoms in total. The van der Waals surface area contributed by atoms with Crippen LogP contribution in [-0.2, 0) is 14.8 Å². The van der Waals surface area contributed by atoms with Gasteiger partial charge in [-0.15, -0.1) is 0 Å². The Balaban J connectivity index is 1.48. The first-order valence-electron chi connectivity index (χ1n) is 10.1. The van der Waals surface area contributed by atoms with Crippen molar-refractivity contribution in [3.63, 3.8) is 0 Å². The van der Waals surface area contributed by atoms with Crippen molar-refractivity contribution in [1.29, 1.82) is 5.26 Å². The fourth-order valence-corrected chi connectivity index (χ4v) is 5.86. The van der Waals surface area contributed by atoms with Crippen molar-refractivity contribution in [3.8, 4) is 6.07 Å². The SMILES string of the molecule is Cc1cnc(C2CCOCC2)n1C1CCN(S(=O)(=O)c2ccc(C#N)cc2)CC1. The maximum absolute atomic E-state index is 13.0. The van der Waals surface area contributed by atoms with Crippen molar-refractivity contribution < 1.29 is 13.2 Å². The number of hydrogen-bond donors (Lipinski definition) is 0. The first-order chi connectivity index (χ1) is 14.0. The summed E-state index contributed by atoms with van der Waals surface area (Å²) < 4.78 is 35.3. The van der Waals surface area contributed by atoms with Crippen LogP contribution in [0, 0.1) is 18.3 Å². The van der Waals surface area contributed by atoms with Crippen LogP contribution in [0.15, 0.2) is 35.4 Å². The van der Waals surface area contributed by atoms with Crippen molar-refractivity contribution in [3.05, 3.63) is 47.5 Å². The molecule has 0 spiro atoms. The van der Waals surface area contributed by atoms with Gasteiger partial charge in [0.25, 0.3) is 0 Å². The van der Waals surface area contributed by atoms with E-state index in [0.717, 1.165) is 50.4 Å². The van der Waals surface area contributed by atoms with Crippen LogP contribution in [0.5, 0.6) is 0 Å². The first kappa shape index (κ1) is 20.1. The van der Waals surface area contributed by atoms with Gasteiger partial charge >= 0.3 is 0 Å². The number of aryl methyl sites for hydroxylation is 1. The molecule has 0 bridgehead atoms. The average Bonchev–Trinajstić information content (AvgIpc) is 3.16. The second-order valence-corrected chi connectivity index (χ2v) is 9.72. The minimum absolute atomic E-state index is 0.247. The number of sulfonamides is 1. The van der Waals surface area contributed by atoms with Crippen LogP contribution in [0.2, 0.25) is 0 Å². The summed E-state index contributed by atoms with van der Waals surface area (Å²) in [6.45, 7) is 4.60. The molecule has 3 heterocycles. The van der Waals surface area contributed by atoms with Gasteiger partial charge in [0.15, 0.2) is 0 Å². The topological polar surface area (TPSA) is 88.2 Å². The number of nitrogens with zero attached hydrogens (tertiary/aromatic N) is 4. The van der Waals surface area contributed by atoms with Gasteiger partial charge in [-0.3, -0.25) is 0 Å². The lowest BCUT2D eigenvalue weighted by Crippen LogP contribution is -2.39. The molecule has 29 heavy (non-hydrogen) atoms. The molecule has 0 amide bonds. The van der Waals surface area contributed by atoms with E-state index in [-0.39, 0.29) is 10.9 Å². The summed E-state index contributed by atoms with van der Waals surface area (Å²) in [6.07, 6.45) is 5.45. The third-order valence-electron chi connectivity index (χ3n) is 6.01. The van der Waals surface area contributed by atoms with Crippen LogP contribution in [0.3, 0.4) is 0 Å². The van der Waals surface area contributed by atoms with Gasteiger partial charge in [-0.05, 0) is 56.9 Å². The summed E-state index contributed by atoms with van der Waals surface area (Å²) in [5.41, 5.74) is 1.60. The number of imidazole rings is 1. The average molecular weight is 415 g/mol. The van der Waals surface area contributed by atoms with E-state index in [4.69, 9.17) is 15.0 Å². The molecule has 2 aromatic rings. The smallest absolute Gasteiger partial charge is 0.243 e. The van der Waals surface area contributed by atoms with E-state index in [1.807, 2.05) is 12.3 Å². The van der Waals surface area contributed by atoms with Crippen LogP contribution >= 0.6 is 0 Å². The van der Waals surface area contributed by atoms with E-state index in [2.05, 4.69) is 11.5 Å². The summed E-state index contributed by atoms with van der Waals surface area (Å²) >= 11 is 0. The Hall–Kier alpha value is -2.21. The van der Waals surface area contributed by atoms with Gasteiger partial charge in [0.2, 0.25) is 10.0 Å². The van der Waals surface area contributed by atoms with E-state index in [0.29, 0.717) is 24.6 Å². The second-order valence-electron chi connectivity index (χ2n) is 7.79. The predicted octanol–water partition coefficient (Wildman–Crippen LogP) is 2.98. The first-order valence-corrected chi connectivity index (χ1v) is 11.6. The fraction of sp³-hybridized carbons (Fsp3) is 0.524. The highest BCUT2D eigenvalue weighted by atomic mass is 32.2. The van der Waals surface area contributed by atoms with Crippen molar-refractivity contribution in [1.82, 2.24) is 13.9 Å². The molecule has 2 fully saturated rings. The molecule has 2 aliphatic heterocycles. The summed E-state index contributed by atoms with van der Waals surface area (Å²) in [6, 6.07) is 8.42. The Kier molecular flexibility index (Phi) is 5.72. The highest BCUT2D eigenvalue weighted by molar-refractivity contribution is 7.89. The monoisotopic (exact) mass is 414 g/mol. The minimum Gasteiger partial charge on any atom is -0.381 e. The molecular formula is C21H26N4O3S. The lowest BCUT2D eigenvalue weighted by molar-refractivity contribution is 0.0820. The van der Waals surface area contributed by atoms with Gasteiger partial charge in [0, 0.05) is 50.2 Å². The quantitative estimate of drug-likeness (QED) is 0.767. The van der Waals surface area contributed by atoms with Gasteiger partial charge in [0.05, 0.1) is 16.5 Å². The van der Waals surface area contributed by atoms with E-state index >= 15 is 0 Å². The van der Waals surface area contributed by atoms with Crippen LogP contribution in [0.25, 0.3) is 0 Å². The van der Waals surface area contributed by atoms with Crippen molar-refractivity contribution in [2.45, 2.75) is 49.5 Å². The number of benzene rings is 1. The molecule has 0 aliphatic carbocycles. The number of aromatic nitrogens is 2. The minimum atomic E-state index is -3.54. The van der Waals surface area contributed by atoms with Crippen LogP contribution in [-0.4, -0.2) is 48.6 Å². The Morgan fingerprint density at radius 1 is 1.10 bits per heavy atom. The number of rotatable bonds is 4. The number of hydrogen-bond acceptors (Lipinski definition) is 5. The lowest BCUT2D eigenvalue weighted by Gasteiger charge is -2.34.